The van der Waals surface area contributed by atoms with Crippen molar-refractivity contribution in [3.63, 3.8) is 0 Å². The first kappa shape index (κ1) is 8.41. The standard InChI is InChI=1S/C9H9NO2/c1-2-12-8-3-4-9(11)7(5-8)6-10/h3-5,11H,2H2,1H3. The predicted molar refractivity (Wildman–Crippen MR) is 44.0 cm³/mol. The van der Waals surface area contributed by atoms with E-state index in [1.54, 1.807) is 6.07 Å². The Balaban J connectivity index is 2.99. The van der Waals surface area contributed by atoms with Gasteiger partial charge in [-0.2, -0.15) is 5.26 Å². The lowest BCUT2D eigenvalue weighted by Crippen LogP contribution is -1.91. The Kier molecular flexibility index (Phi) is 2.54. The fraction of sp³-hybridized carbons (Fsp3) is 0.222. The molecular weight excluding hydrogens is 154 g/mol. The van der Waals surface area contributed by atoms with E-state index in [-0.39, 0.29) is 11.3 Å². The third-order valence-electron chi connectivity index (χ3n) is 1.40. The highest BCUT2D eigenvalue weighted by atomic mass is 16.5. The number of aromatic hydroxyl groups is 1. The van der Waals surface area contributed by atoms with E-state index in [1.807, 2.05) is 13.0 Å². The molecule has 1 aromatic rings. The van der Waals surface area contributed by atoms with Crippen molar-refractivity contribution in [3.8, 4) is 17.6 Å². The van der Waals surface area contributed by atoms with Crippen LogP contribution in [0, 0.1) is 11.3 Å². The van der Waals surface area contributed by atoms with E-state index >= 15 is 0 Å². The van der Waals surface area contributed by atoms with Crippen LogP contribution in [0.3, 0.4) is 0 Å². The summed E-state index contributed by atoms with van der Waals surface area (Å²) in [6, 6.07) is 6.45. The summed E-state index contributed by atoms with van der Waals surface area (Å²) in [6.07, 6.45) is 0. The fourth-order valence-electron chi connectivity index (χ4n) is 0.861. The van der Waals surface area contributed by atoms with Gasteiger partial charge >= 0.3 is 0 Å². The quantitative estimate of drug-likeness (QED) is 0.721. The molecule has 0 saturated carbocycles. The molecular formula is C9H9NO2. The lowest BCUT2D eigenvalue weighted by molar-refractivity contribution is 0.339. The summed E-state index contributed by atoms with van der Waals surface area (Å²) in [7, 11) is 0. The lowest BCUT2D eigenvalue weighted by Gasteiger charge is -2.02. The summed E-state index contributed by atoms with van der Waals surface area (Å²) in [5, 5.41) is 17.7. The van der Waals surface area contributed by atoms with Crippen LogP contribution in [-0.4, -0.2) is 11.7 Å². The van der Waals surface area contributed by atoms with Crippen LogP contribution in [0.1, 0.15) is 12.5 Å². The molecule has 0 atom stereocenters. The molecule has 0 radical (unpaired) electrons. The van der Waals surface area contributed by atoms with Crippen LogP contribution in [-0.2, 0) is 0 Å². The van der Waals surface area contributed by atoms with E-state index in [2.05, 4.69) is 0 Å². The average Bonchev–Trinajstić information content (AvgIpc) is 2.09. The molecule has 0 unspecified atom stereocenters. The average molecular weight is 163 g/mol. The van der Waals surface area contributed by atoms with Gasteiger partial charge in [0, 0.05) is 6.07 Å². The molecule has 0 saturated heterocycles. The Morgan fingerprint density at radius 1 is 1.58 bits per heavy atom. The second-order valence-corrected chi connectivity index (χ2v) is 2.22. The highest BCUT2D eigenvalue weighted by Gasteiger charge is 2.00. The number of hydrogen-bond acceptors (Lipinski definition) is 3. The maximum atomic E-state index is 9.13. The molecule has 0 heterocycles. The molecule has 0 bridgehead atoms. The molecule has 0 aliphatic carbocycles. The Bertz CT molecular complexity index is 315. The summed E-state index contributed by atoms with van der Waals surface area (Å²) in [6.45, 7) is 2.41. The van der Waals surface area contributed by atoms with Crippen LogP contribution in [0.15, 0.2) is 18.2 Å². The number of phenols is 1. The van der Waals surface area contributed by atoms with E-state index < -0.39 is 0 Å². The highest BCUT2D eigenvalue weighted by molar-refractivity contribution is 5.46. The highest BCUT2D eigenvalue weighted by Crippen LogP contribution is 2.21. The van der Waals surface area contributed by atoms with Gasteiger partial charge in [-0.05, 0) is 19.1 Å². The summed E-state index contributed by atoms with van der Waals surface area (Å²) < 4.78 is 5.14. The smallest absolute Gasteiger partial charge is 0.133 e. The monoisotopic (exact) mass is 163 g/mol. The van der Waals surface area contributed by atoms with E-state index in [4.69, 9.17) is 15.1 Å². The minimum Gasteiger partial charge on any atom is -0.507 e. The molecule has 0 aromatic heterocycles. The number of benzene rings is 1. The molecule has 1 rings (SSSR count). The zero-order chi connectivity index (χ0) is 8.97. The lowest BCUT2D eigenvalue weighted by atomic mass is 10.2. The van der Waals surface area contributed by atoms with Crippen molar-refractivity contribution in [2.75, 3.05) is 6.61 Å². The Morgan fingerprint density at radius 3 is 2.92 bits per heavy atom. The van der Waals surface area contributed by atoms with Crippen molar-refractivity contribution < 1.29 is 9.84 Å². The number of rotatable bonds is 2. The first-order valence-electron chi connectivity index (χ1n) is 3.64. The minimum atomic E-state index is -0.0130. The first-order chi connectivity index (χ1) is 5.77. The SMILES string of the molecule is CCOc1ccc(O)c(C#N)c1. The summed E-state index contributed by atoms with van der Waals surface area (Å²) >= 11 is 0. The maximum absolute atomic E-state index is 9.13. The van der Waals surface area contributed by atoms with Crippen LogP contribution in [0.5, 0.6) is 11.5 Å². The molecule has 0 spiro atoms. The van der Waals surface area contributed by atoms with Gasteiger partial charge in [-0.1, -0.05) is 0 Å². The van der Waals surface area contributed by atoms with Crippen LogP contribution >= 0.6 is 0 Å². The normalized spacial score (nSPS) is 9.00. The van der Waals surface area contributed by atoms with Crippen molar-refractivity contribution in [2.45, 2.75) is 6.92 Å². The molecule has 0 amide bonds. The molecule has 3 heteroatoms. The second-order valence-electron chi connectivity index (χ2n) is 2.22. The van der Waals surface area contributed by atoms with Gasteiger partial charge in [-0.15, -0.1) is 0 Å². The minimum absolute atomic E-state index is 0.0130. The van der Waals surface area contributed by atoms with Crippen LogP contribution < -0.4 is 4.74 Å². The van der Waals surface area contributed by atoms with Crippen molar-refractivity contribution in [2.24, 2.45) is 0 Å². The third-order valence-corrected chi connectivity index (χ3v) is 1.40. The van der Waals surface area contributed by atoms with Gasteiger partial charge in [0.2, 0.25) is 0 Å². The Labute approximate surface area is 70.8 Å². The molecule has 0 fully saturated rings. The summed E-state index contributed by atoms with van der Waals surface area (Å²) in [5.74, 6) is 0.591. The van der Waals surface area contributed by atoms with Crippen molar-refractivity contribution in [3.05, 3.63) is 23.8 Å². The van der Waals surface area contributed by atoms with E-state index in [0.29, 0.717) is 12.4 Å². The van der Waals surface area contributed by atoms with Gasteiger partial charge < -0.3 is 9.84 Å². The molecule has 1 aromatic carbocycles. The van der Waals surface area contributed by atoms with Gasteiger partial charge in [0.05, 0.1) is 12.2 Å². The maximum Gasteiger partial charge on any atom is 0.133 e. The molecule has 62 valence electrons. The Morgan fingerprint density at radius 2 is 2.33 bits per heavy atom. The molecule has 0 aliphatic rings. The number of phenolic OH excluding ortho intramolecular Hbond substituents is 1. The zero-order valence-electron chi connectivity index (χ0n) is 6.74. The van der Waals surface area contributed by atoms with Crippen molar-refractivity contribution >= 4 is 0 Å². The van der Waals surface area contributed by atoms with Gasteiger partial charge in [-0.3, -0.25) is 0 Å². The largest absolute Gasteiger partial charge is 0.507 e. The van der Waals surface area contributed by atoms with Crippen LogP contribution in [0.4, 0.5) is 0 Å². The van der Waals surface area contributed by atoms with E-state index in [9.17, 15) is 0 Å². The first-order valence-corrected chi connectivity index (χ1v) is 3.64. The number of nitriles is 1. The molecule has 0 aliphatic heterocycles. The number of ether oxygens (including phenoxy) is 1. The van der Waals surface area contributed by atoms with Crippen molar-refractivity contribution in [1.29, 1.82) is 5.26 Å². The summed E-state index contributed by atoms with van der Waals surface area (Å²) in [5.41, 5.74) is 0.237. The van der Waals surface area contributed by atoms with Gasteiger partial charge in [0.1, 0.15) is 17.6 Å². The summed E-state index contributed by atoms with van der Waals surface area (Å²) in [4.78, 5) is 0. The second kappa shape index (κ2) is 3.63. The third kappa shape index (κ3) is 1.67. The Hall–Kier alpha value is -1.69. The van der Waals surface area contributed by atoms with Crippen LogP contribution in [0.25, 0.3) is 0 Å². The number of hydrogen-bond donors (Lipinski definition) is 1. The molecule has 12 heavy (non-hydrogen) atoms. The zero-order valence-corrected chi connectivity index (χ0v) is 6.74. The van der Waals surface area contributed by atoms with Gasteiger partial charge in [0.15, 0.2) is 0 Å². The number of nitrogens with zero attached hydrogens (tertiary/aromatic N) is 1. The van der Waals surface area contributed by atoms with Gasteiger partial charge in [-0.25, -0.2) is 0 Å². The van der Waals surface area contributed by atoms with Crippen molar-refractivity contribution in [1.82, 2.24) is 0 Å². The van der Waals surface area contributed by atoms with Gasteiger partial charge in [0.25, 0.3) is 0 Å². The van der Waals surface area contributed by atoms with E-state index in [1.165, 1.54) is 12.1 Å². The van der Waals surface area contributed by atoms with Crippen LogP contribution in [0.2, 0.25) is 0 Å². The fourth-order valence-corrected chi connectivity index (χ4v) is 0.861. The van der Waals surface area contributed by atoms with E-state index in [0.717, 1.165) is 0 Å². The predicted octanol–water partition coefficient (Wildman–Crippen LogP) is 1.66. The molecule has 3 nitrogen and oxygen atoms in total. The molecule has 1 N–H and O–H groups in total. The topological polar surface area (TPSA) is 53.2 Å².